The summed E-state index contributed by atoms with van der Waals surface area (Å²) >= 11 is 12.5. The van der Waals surface area contributed by atoms with Crippen molar-refractivity contribution in [3.63, 3.8) is 0 Å². The molecule has 5 atom stereocenters. The zero-order chi connectivity index (χ0) is 31.8. The molecule has 1 saturated heterocycles. The minimum Gasteiger partial charge on any atom is -0.370 e. The molecule has 8 rings (SSSR count). The molecule has 4 aliphatic carbocycles. The van der Waals surface area contributed by atoms with Crippen molar-refractivity contribution in [2.75, 3.05) is 6.61 Å². The summed E-state index contributed by atoms with van der Waals surface area (Å²) in [6.07, 6.45) is 9.56. The Morgan fingerprint density at radius 1 is 0.826 bits per heavy atom. The fraction of sp³-hybridized carbons (Fsp3) is 0.375. The highest BCUT2D eigenvalue weighted by molar-refractivity contribution is 7.85. The predicted octanol–water partition coefficient (Wildman–Crippen LogP) is 9.25. The molecule has 3 aromatic rings. The largest absolute Gasteiger partial charge is 0.370 e. The van der Waals surface area contributed by atoms with Crippen molar-refractivity contribution in [3.05, 3.63) is 123 Å². The molecule has 0 bridgehead atoms. The van der Waals surface area contributed by atoms with Gasteiger partial charge >= 0.3 is 0 Å². The van der Waals surface area contributed by atoms with Crippen molar-refractivity contribution in [1.29, 1.82) is 0 Å². The van der Waals surface area contributed by atoms with Crippen molar-refractivity contribution in [3.8, 4) is 0 Å². The molecule has 1 aliphatic heterocycles. The average molecular weight is 670 g/mol. The number of allylic oxidation sites excluding steroid dienone is 4. The molecule has 1 heterocycles. The minimum absolute atomic E-state index is 0.0216. The number of halogens is 2. The number of ketones is 1. The van der Waals surface area contributed by atoms with Crippen LogP contribution in [0, 0.1) is 17.3 Å². The molecule has 0 aromatic heterocycles. The second-order valence-corrected chi connectivity index (χ2v) is 17.9. The maximum atomic E-state index is 15.2. The molecule has 3 fully saturated rings. The monoisotopic (exact) mass is 668 g/mol. The van der Waals surface area contributed by atoms with Crippen molar-refractivity contribution in [2.45, 2.75) is 69.8 Å². The van der Waals surface area contributed by atoms with Crippen LogP contribution in [0.2, 0.25) is 10.0 Å². The summed E-state index contributed by atoms with van der Waals surface area (Å²) in [6, 6.07) is 23.3. The second kappa shape index (κ2) is 11.2. The van der Waals surface area contributed by atoms with Gasteiger partial charge in [0.2, 0.25) is 0 Å². The molecular formula is C40H39Cl2O3P. The summed E-state index contributed by atoms with van der Waals surface area (Å²) in [7, 11) is -3.20. The van der Waals surface area contributed by atoms with Crippen LogP contribution in [-0.4, -0.2) is 18.0 Å². The maximum Gasteiger partial charge on any atom is 0.171 e. The van der Waals surface area contributed by atoms with Crippen molar-refractivity contribution < 1.29 is 14.1 Å². The molecule has 3 aromatic carbocycles. The van der Waals surface area contributed by atoms with E-state index in [0.29, 0.717) is 28.3 Å². The Labute approximate surface area is 282 Å². The van der Waals surface area contributed by atoms with E-state index in [-0.39, 0.29) is 22.7 Å². The van der Waals surface area contributed by atoms with E-state index >= 15 is 4.57 Å². The van der Waals surface area contributed by atoms with Crippen LogP contribution in [0.15, 0.2) is 108 Å². The third kappa shape index (κ3) is 4.49. The summed E-state index contributed by atoms with van der Waals surface area (Å²) < 4.78 is 21.9. The van der Waals surface area contributed by atoms with Crippen molar-refractivity contribution in [1.82, 2.24) is 0 Å². The number of benzene rings is 3. The minimum atomic E-state index is -3.20. The molecule has 6 heteroatoms. The van der Waals surface area contributed by atoms with Gasteiger partial charge in [0.1, 0.15) is 0 Å². The van der Waals surface area contributed by atoms with Crippen LogP contribution >= 0.6 is 30.3 Å². The molecule has 2 saturated carbocycles. The highest BCUT2D eigenvalue weighted by atomic mass is 35.5. The number of carbonyl (C=O) groups is 1. The lowest BCUT2D eigenvalue weighted by atomic mass is 9.50. The highest BCUT2D eigenvalue weighted by Gasteiger charge is 2.66. The Morgan fingerprint density at radius 2 is 1.43 bits per heavy atom. The molecule has 5 aliphatic rings. The molecule has 236 valence electrons. The van der Waals surface area contributed by atoms with E-state index in [1.54, 1.807) is 29.8 Å². The second-order valence-electron chi connectivity index (χ2n) is 14.2. The van der Waals surface area contributed by atoms with E-state index in [1.165, 1.54) is 22.3 Å². The van der Waals surface area contributed by atoms with E-state index in [0.717, 1.165) is 67.5 Å². The summed E-state index contributed by atoms with van der Waals surface area (Å²) in [5.74, 6) is 1.46. The molecule has 0 radical (unpaired) electrons. The van der Waals surface area contributed by atoms with Crippen LogP contribution in [0.25, 0.3) is 0 Å². The molecule has 0 amide bonds. The van der Waals surface area contributed by atoms with Crippen molar-refractivity contribution in [2.24, 2.45) is 17.3 Å². The Morgan fingerprint density at radius 3 is 2.02 bits per heavy atom. The molecule has 1 spiro atoms. The van der Waals surface area contributed by atoms with Gasteiger partial charge in [0.15, 0.2) is 12.9 Å². The number of rotatable bonds is 4. The Kier molecular flexibility index (Phi) is 7.46. The molecule has 0 N–H and O–H groups in total. The van der Waals surface area contributed by atoms with E-state index in [2.05, 4.69) is 37.8 Å². The molecule has 1 unspecified atom stereocenters. The van der Waals surface area contributed by atoms with Gasteiger partial charge in [-0.3, -0.25) is 4.79 Å². The lowest BCUT2D eigenvalue weighted by Crippen LogP contribution is -2.52. The zero-order valence-electron chi connectivity index (χ0n) is 26.2. The Hall–Kier alpha value is -2.68. The van der Waals surface area contributed by atoms with Gasteiger partial charge in [-0.05, 0) is 134 Å². The van der Waals surface area contributed by atoms with Gasteiger partial charge in [0.05, 0.1) is 12.2 Å². The quantitative estimate of drug-likeness (QED) is 0.206. The first-order valence-corrected chi connectivity index (χ1v) is 19.1. The summed E-state index contributed by atoms with van der Waals surface area (Å²) in [6.45, 7) is 7.82. The lowest BCUT2D eigenvalue weighted by Gasteiger charge is -2.55. The van der Waals surface area contributed by atoms with Crippen LogP contribution in [0.5, 0.6) is 0 Å². The fourth-order valence-electron chi connectivity index (χ4n) is 10.1. The number of hydrogen-bond acceptors (Lipinski definition) is 3. The third-order valence-electron chi connectivity index (χ3n) is 12.2. The Bertz CT molecular complexity index is 1810. The van der Waals surface area contributed by atoms with E-state index in [1.807, 2.05) is 30.3 Å². The van der Waals surface area contributed by atoms with E-state index < -0.39 is 7.14 Å². The Balaban J connectivity index is 1.26. The first-order chi connectivity index (χ1) is 22.1. The zero-order valence-corrected chi connectivity index (χ0v) is 28.6. The van der Waals surface area contributed by atoms with Gasteiger partial charge in [-0.25, -0.2) is 0 Å². The highest BCUT2D eigenvalue weighted by Crippen LogP contribution is 2.70. The van der Waals surface area contributed by atoms with Crippen LogP contribution < -0.4 is 15.9 Å². The lowest BCUT2D eigenvalue weighted by molar-refractivity contribution is -0.114. The molecule has 3 nitrogen and oxygen atoms in total. The molecular weight excluding hydrogens is 630 g/mol. The predicted molar refractivity (Wildman–Crippen MR) is 189 cm³/mol. The third-order valence-corrected chi connectivity index (χ3v) is 15.8. The standard InChI is InChI=1S/C40H39Cl2O3P/c1-25-20-22-45-40(25)21-19-37-35-17-5-27-23-30(43)10-18-34(27)38(35)36(24-39(37,40)2)26-3-11-31(12-4-26)46(44,32-13-6-28(41)7-14-32)33-15-8-29(42)9-16-33/h3-4,6-9,11-16,23,35-37H,1,5,10,17-22,24H2,2H3/t35-,36+,37?,39-,40+/m0/s1. The topological polar surface area (TPSA) is 43.4 Å². The van der Waals surface area contributed by atoms with E-state index in [9.17, 15) is 4.79 Å². The number of hydrogen-bond donors (Lipinski definition) is 0. The van der Waals surface area contributed by atoms with Crippen LogP contribution in [0.4, 0.5) is 0 Å². The van der Waals surface area contributed by atoms with E-state index in [4.69, 9.17) is 27.9 Å². The fourth-order valence-corrected chi connectivity index (χ4v) is 12.9. The number of ether oxygens (including phenoxy) is 1. The van der Waals surface area contributed by atoms with Gasteiger partial charge in [0.25, 0.3) is 0 Å². The number of fused-ring (bicyclic) bond motifs is 5. The van der Waals surface area contributed by atoms with Gasteiger partial charge in [0, 0.05) is 43.7 Å². The van der Waals surface area contributed by atoms with Crippen LogP contribution in [0.1, 0.15) is 69.8 Å². The SMILES string of the molecule is C=C1CCO[C@]12CCC1[C@@H]3CCC4=CC(=O)CCC4=C3[C@@H](c3ccc(P(=O)(c4ccc(Cl)cc4)c4ccc(Cl)cc4)cc3)C[C@@]12C. The average Bonchev–Trinajstić information content (AvgIpc) is 3.59. The van der Waals surface area contributed by atoms with Crippen molar-refractivity contribution >= 4 is 52.0 Å². The number of carbonyl (C=O) groups excluding carboxylic acids is 1. The van der Waals surface area contributed by atoms with Crippen LogP contribution in [0.3, 0.4) is 0 Å². The van der Waals surface area contributed by atoms with Gasteiger partial charge in [-0.1, -0.05) is 66.5 Å². The van der Waals surface area contributed by atoms with Gasteiger partial charge in [-0.15, -0.1) is 0 Å². The summed E-state index contributed by atoms with van der Waals surface area (Å²) in [5.41, 5.74) is 6.49. The summed E-state index contributed by atoms with van der Waals surface area (Å²) in [5, 5.41) is 3.48. The normalized spacial score (nSPS) is 30.7. The van der Waals surface area contributed by atoms with Gasteiger partial charge < -0.3 is 9.30 Å². The maximum absolute atomic E-state index is 15.2. The smallest absolute Gasteiger partial charge is 0.171 e. The molecule has 46 heavy (non-hydrogen) atoms. The first kappa shape index (κ1) is 30.6. The first-order valence-electron chi connectivity index (χ1n) is 16.7. The van der Waals surface area contributed by atoms with Crippen LogP contribution in [-0.2, 0) is 14.1 Å². The van der Waals surface area contributed by atoms with Gasteiger partial charge in [-0.2, -0.15) is 0 Å². The summed E-state index contributed by atoms with van der Waals surface area (Å²) in [4.78, 5) is 12.5.